The van der Waals surface area contributed by atoms with E-state index in [9.17, 15) is 22.4 Å². The number of rotatable bonds is 6. The number of halogens is 1. The summed E-state index contributed by atoms with van der Waals surface area (Å²) in [7, 11) is -3.20. The summed E-state index contributed by atoms with van der Waals surface area (Å²) in [5.41, 5.74) is 0.995. The molecule has 1 aliphatic heterocycles. The molecule has 148 valence electrons. The maximum Gasteiger partial charge on any atom is 0.310 e. The van der Waals surface area contributed by atoms with Gasteiger partial charge in [0.15, 0.2) is 16.4 Å². The topological polar surface area (TPSA) is 80.8 Å². The van der Waals surface area contributed by atoms with Crippen molar-refractivity contribution in [1.29, 1.82) is 0 Å². The average Bonchev–Trinajstić information content (AvgIpc) is 3.00. The van der Waals surface area contributed by atoms with E-state index in [0.717, 1.165) is 0 Å². The Balaban J connectivity index is 1.67. The number of hydrogen-bond donors (Lipinski definition) is 0. The van der Waals surface area contributed by atoms with Crippen molar-refractivity contribution >= 4 is 27.4 Å². The van der Waals surface area contributed by atoms with Crippen molar-refractivity contribution in [2.45, 2.75) is 18.9 Å². The summed E-state index contributed by atoms with van der Waals surface area (Å²) in [6, 6.07) is 13.8. The van der Waals surface area contributed by atoms with E-state index in [1.165, 1.54) is 23.1 Å². The molecule has 0 aliphatic carbocycles. The van der Waals surface area contributed by atoms with Crippen LogP contribution < -0.4 is 4.90 Å². The van der Waals surface area contributed by atoms with Gasteiger partial charge in [0.25, 0.3) is 5.91 Å². The van der Waals surface area contributed by atoms with Crippen molar-refractivity contribution in [3.63, 3.8) is 0 Å². The van der Waals surface area contributed by atoms with Crippen molar-refractivity contribution in [1.82, 2.24) is 0 Å². The largest absolute Gasteiger partial charge is 0.455 e. The molecule has 1 heterocycles. The molecule has 2 aromatic rings. The van der Waals surface area contributed by atoms with E-state index in [-0.39, 0.29) is 17.9 Å². The molecule has 1 atom stereocenters. The Morgan fingerprint density at radius 2 is 1.86 bits per heavy atom. The number of nitrogens with zero attached hydrogens (tertiary/aromatic N) is 1. The lowest BCUT2D eigenvalue weighted by atomic mass is 10.1. The Bertz CT molecular complexity index is 962. The highest BCUT2D eigenvalue weighted by Gasteiger charge is 2.35. The Hall–Kier alpha value is -2.74. The molecule has 3 rings (SSSR count). The first-order valence-electron chi connectivity index (χ1n) is 8.82. The van der Waals surface area contributed by atoms with Crippen LogP contribution in [0.25, 0.3) is 0 Å². The Morgan fingerprint density at radius 1 is 1.11 bits per heavy atom. The van der Waals surface area contributed by atoms with Gasteiger partial charge in [-0.3, -0.25) is 9.59 Å². The van der Waals surface area contributed by atoms with Crippen LogP contribution in [0.2, 0.25) is 0 Å². The van der Waals surface area contributed by atoms with Gasteiger partial charge in [0.05, 0.1) is 24.0 Å². The van der Waals surface area contributed by atoms with Gasteiger partial charge in [-0.25, -0.2) is 12.8 Å². The molecule has 8 heteroatoms. The van der Waals surface area contributed by atoms with Crippen LogP contribution in [0.4, 0.5) is 10.1 Å². The van der Waals surface area contributed by atoms with Crippen LogP contribution in [0.3, 0.4) is 0 Å². The minimum atomic E-state index is -3.20. The zero-order valence-corrected chi connectivity index (χ0v) is 15.9. The molecule has 0 radical (unpaired) electrons. The van der Waals surface area contributed by atoms with Crippen molar-refractivity contribution in [3.05, 3.63) is 66.0 Å². The number of carbonyl (C=O) groups excluding carboxylic acids is 2. The summed E-state index contributed by atoms with van der Waals surface area (Å²) in [4.78, 5) is 26.1. The second-order valence-corrected chi connectivity index (χ2v) is 8.85. The molecular formula is C20H20FNO5S. The predicted octanol–water partition coefficient (Wildman–Crippen LogP) is 2.13. The Kier molecular flexibility index (Phi) is 6.08. The van der Waals surface area contributed by atoms with E-state index in [0.29, 0.717) is 17.7 Å². The molecule has 1 saturated heterocycles. The summed E-state index contributed by atoms with van der Waals surface area (Å²) in [5, 5.41) is 0. The third kappa shape index (κ3) is 5.16. The van der Waals surface area contributed by atoms with E-state index >= 15 is 0 Å². The summed E-state index contributed by atoms with van der Waals surface area (Å²) >= 11 is 0. The number of hydrogen-bond acceptors (Lipinski definition) is 5. The number of anilines is 1. The molecule has 1 fully saturated rings. The molecule has 28 heavy (non-hydrogen) atoms. The van der Waals surface area contributed by atoms with Crippen LogP contribution in [-0.2, 0) is 30.6 Å². The van der Waals surface area contributed by atoms with Gasteiger partial charge in [-0.05, 0) is 36.2 Å². The van der Waals surface area contributed by atoms with Crippen LogP contribution in [0.15, 0.2) is 54.6 Å². The minimum Gasteiger partial charge on any atom is -0.455 e. The molecule has 6 nitrogen and oxygen atoms in total. The van der Waals surface area contributed by atoms with Crippen molar-refractivity contribution in [2.75, 3.05) is 23.0 Å². The third-order valence-electron chi connectivity index (χ3n) is 4.47. The van der Waals surface area contributed by atoms with E-state index in [2.05, 4.69) is 0 Å². The van der Waals surface area contributed by atoms with E-state index < -0.39 is 40.2 Å². The fraction of sp³-hybridized carbons (Fsp3) is 0.300. The molecule has 0 bridgehead atoms. The molecule has 0 unspecified atom stereocenters. The molecule has 2 aromatic carbocycles. The number of amides is 1. The SMILES string of the molecule is O=C(Cc1cccc(F)c1)OCC(=O)N(c1ccccc1)[C@@H]1CCS(=O)(=O)C1. The molecule has 0 aromatic heterocycles. The fourth-order valence-corrected chi connectivity index (χ4v) is 4.90. The van der Waals surface area contributed by atoms with Gasteiger partial charge in [0.2, 0.25) is 0 Å². The zero-order chi connectivity index (χ0) is 20.1. The first-order chi connectivity index (χ1) is 13.3. The van der Waals surface area contributed by atoms with Gasteiger partial charge in [-0.2, -0.15) is 0 Å². The maximum absolute atomic E-state index is 13.2. The molecule has 0 spiro atoms. The standard InChI is InChI=1S/C20H20FNO5S/c21-16-6-4-5-15(11-16)12-20(24)27-13-19(23)22(17-7-2-1-3-8-17)18-9-10-28(25,26)14-18/h1-8,11,18H,9-10,12-14H2/t18-/m1/s1. The smallest absolute Gasteiger partial charge is 0.310 e. The van der Waals surface area contributed by atoms with Gasteiger partial charge < -0.3 is 9.64 Å². The summed E-state index contributed by atoms with van der Waals surface area (Å²) in [6.45, 7) is -0.514. The summed E-state index contributed by atoms with van der Waals surface area (Å²) < 4.78 is 41.9. The minimum absolute atomic E-state index is 0.0215. The highest BCUT2D eigenvalue weighted by molar-refractivity contribution is 7.91. The average molecular weight is 405 g/mol. The number of benzene rings is 2. The first kappa shape index (κ1) is 20.0. The van der Waals surface area contributed by atoms with Crippen LogP contribution >= 0.6 is 0 Å². The molecule has 1 aliphatic rings. The van der Waals surface area contributed by atoms with Crippen molar-refractivity contribution < 1.29 is 27.1 Å². The number of esters is 1. The second kappa shape index (κ2) is 8.52. The van der Waals surface area contributed by atoms with Gasteiger partial charge in [-0.15, -0.1) is 0 Å². The molecular weight excluding hydrogens is 385 g/mol. The number of para-hydroxylation sites is 1. The van der Waals surface area contributed by atoms with Crippen LogP contribution in [-0.4, -0.2) is 44.4 Å². The normalized spacial score (nSPS) is 17.8. The van der Waals surface area contributed by atoms with E-state index in [1.807, 2.05) is 0 Å². The lowest BCUT2D eigenvalue weighted by Gasteiger charge is -2.28. The van der Waals surface area contributed by atoms with Crippen molar-refractivity contribution in [3.8, 4) is 0 Å². The van der Waals surface area contributed by atoms with E-state index in [1.54, 1.807) is 36.4 Å². The number of ether oxygens (including phenoxy) is 1. The lowest BCUT2D eigenvalue weighted by molar-refractivity contribution is -0.147. The quantitative estimate of drug-likeness (QED) is 0.688. The highest BCUT2D eigenvalue weighted by atomic mass is 32.2. The highest BCUT2D eigenvalue weighted by Crippen LogP contribution is 2.24. The Labute approximate surface area is 162 Å². The zero-order valence-electron chi connectivity index (χ0n) is 15.1. The van der Waals surface area contributed by atoms with Crippen LogP contribution in [0, 0.1) is 5.82 Å². The molecule has 1 amide bonds. The van der Waals surface area contributed by atoms with Crippen LogP contribution in [0.1, 0.15) is 12.0 Å². The van der Waals surface area contributed by atoms with Gasteiger partial charge in [0.1, 0.15) is 5.82 Å². The monoisotopic (exact) mass is 405 g/mol. The summed E-state index contributed by atoms with van der Waals surface area (Å²) in [5.74, 6) is -1.72. The number of carbonyl (C=O) groups is 2. The van der Waals surface area contributed by atoms with Gasteiger partial charge in [0, 0.05) is 5.69 Å². The maximum atomic E-state index is 13.2. The number of sulfone groups is 1. The predicted molar refractivity (Wildman–Crippen MR) is 102 cm³/mol. The lowest BCUT2D eigenvalue weighted by Crippen LogP contribution is -2.43. The van der Waals surface area contributed by atoms with Crippen LogP contribution in [0.5, 0.6) is 0 Å². The first-order valence-corrected chi connectivity index (χ1v) is 10.6. The third-order valence-corrected chi connectivity index (χ3v) is 6.22. The van der Waals surface area contributed by atoms with Crippen molar-refractivity contribution in [2.24, 2.45) is 0 Å². The fourth-order valence-electron chi connectivity index (χ4n) is 3.20. The van der Waals surface area contributed by atoms with Gasteiger partial charge in [-0.1, -0.05) is 30.3 Å². The van der Waals surface area contributed by atoms with Gasteiger partial charge >= 0.3 is 5.97 Å². The second-order valence-electron chi connectivity index (χ2n) is 6.62. The molecule has 0 N–H and O–H groups in total. The summed E-state index contributed by atoms with van der Waals surface area (Å²) in [6.07, 6.45) is 0.175. The molecule has 0 saturated carbocycles. The Morgan fingerprint density at radius 3 is 2.50 bits per heavy atom. The van der Waals surface area contributed by atoms with E-state index in [4.69, 9.17) is 4.74 Å².